The van der Waals surface area contributed by atoms with E-state index < -0.39 is 15.2 Å². The first kappa shape index (κ1) is 41.0. The van der Waals surface area contributed by atoms with Crippen LogP contribution in [0.2, 0.25) is 37.3 Å². The van der Waals surface area contributed by atoms with E-state index in [0.29, 0.717) is 0 Å². The Labute approximate surface area is 291 Å². The van der Waals surface area contributed by atoms with Crippen molar-refractivity contribution in [2.24, 2.45) is 35.5 Å². The predicted octanol–water partition coefficient (Wildman–Crippen LogP) is 13.0. The Balaban J connectivity index is 0.00000185. The molecule has 0 spiro atoms. The zero-order chi connectivity index (χ0) is 26.7. The number of hydrogen-bond acceptors (Lipinski definition) is 0. The van der Waals surface area contributed by atoms with Crippen LogP contribution >= 0.6 is 0 Å². The third-order valence-electron chi connectivity index (χ3n) is 13.7. The van der Waals surface area contributed by atoms with Crippen molar-refractivity contribution in [2.75, 3.05) is 0 Å². The molecule has 2 aromatic rings. The molecule has 0 saturated heterocycles. The summed E-state index contributed by atoms with van der Waals surface area (Å²) in [5.74, 6) is 6.66. The molecule has 240 valence electrons. The summed E-state index contributed by atoms with van der Waals surface area (Å²) >= 11 is 0. The Morgan fingerprint density at radius 2 is 1.42 bits per heavy atom. The number of rotatable bonds is 7. The van der Waals surface area contributed by atoms with Gasteiger partial charge in [-0.05, 0) is 88.1 Å². The number of hydrogen-bond donors (Lipinski definition) is 0. The molecule has 0 amide bonds. The van der Waals surface area contributed by atoms with Crippen molar-refractivity contribution >= 4 is 26.0 Å². The third kappa shape index (κ3) is 7.15. The van der Waals surface area contributed by atoms with Gasteiger partial charge in [0.15, 0.2) is 0 Å². The van der Waals surface area contributed by atoms with Crippen LogP contribution < -0.4 is 0 Å². The summed E-state index contributed by atoms with van der Waals surface area (Å²) in [6, 6.07) is 16.6. The minimum Gasteiger partial charge on any atom is -0.358 e. The average molecular weight is 696 g/mol. The van der Waals surface area contributed by atoms with E-state index in [0.717, 1.165) is 52.5 Å². The maximum absolute atomic E-state index is 2.93. The Morgan fingerprint density at radius 3 is 2.14 bits per heavy atom. The van der Waals surface area contributed by atoms with Gasteiger partial charge in [0.25, 0.3) is 0 Å². The fraction of sp³-hybridized carbons (Fsp3) is 0.650. The van der Waals surface area contributed by atoms with Crippen LogP contribution in [0.5, 0.6) is 0 Å². The van der Waals surface area contributed by atoms with Crippen molar-refractivity contribution in [3.63, 3.8) is 0 Å². The maximum atomic E-state index is 2.93. The molecule has 43 heavy (non-hydrogen) atoms. The van der Waals surface area contributed by atoms with Gasteiger partial charge in [-0.3, -0.25) is 0 Å². The molecule has 6 rings (SSSR count). The van der Waals surface area contributed by atoms with Gasteiger partial charge in [0.1, 0.15) is 0 Å². The molecule has 3 heteroatoms. The molecule has 4 saturated carbocycles. The smallest absolute Gasteiger partial charge is 0.358 e. The van der Waals surface area contributed by atoms with E-state index in [1.807, 2.05) is 0 Å². The van der Waals surface area contributed by atoms with Crippen LogP contribution in [0.1, 0.15) is 96.0 Å². The van der Waals surface area contributed by atoms with Gasteiger partial charge in [-0.15, -0.1) is 0 Å². The van der Waals surface area contributed by atoms with Crippen LogP contribution in [0.3, 0.4) is 0 Å². The molecule has 0 aliphatic heterocycles. The Bertz CT molecular complexity index is 1120. The first-order chi connectivity index (χ1) is 18.2. The molecule has 0 heterocycles. The van der Waals surface area contributed by atoms with Crippen molar-refractivity contribution in [3.05, 3.63) is 77.7 Å². The first-order valence-corrected chi connectivity index (χ1v) is 23.9. The standard InChI is InChI=1S/C36H56Si2.4CH3.Zr/c1-7-8-13-26-20-21-29(23-26)37(3,4)38(5,6)36-25(2)22-33-34(36)24-28-16-12-18-31(28)35(33)32-19-11-15-27-14-9-10-17-30(27)32;;;;;/h9-11,14-15,17,19,25-26,28-29,31,33-36H,7-8,12-13,16,18,20-24H2,1-6H3;4*1H3;/q;4*-1;+4. The van der Waals surface area contributed by atoms with E-state index in [-0.39, 0.29) is 55.9 Å². The molecule has 0 N–H and O–H groups in total. The zero-order valence-electron chi connectivity index (χ0n) is 30.0. The van der Waals surface area contributed by atoms with Crippen LogP contribution in [0, 0.1) is 65.2 Å². The Hall–Kier alpha value is 0.0169. The van der Waals surface area contributed by atoms with E-state index in [1.54, 1.807) is 36.6 Å². The number of fused-ring (bicyclic) bond motifs is 3. The van der Waals surface area contributed by atoms with E-state index in [9.17, 15) is 0 Å². The molecular weight excluding hydrogens is 628 g/mol. The summed E-state index contributed by atoms with van der Waals surface area (Å²) in [5.41, 5.74) is 3.89. The first-order valence-electron chi connectivity index (χ1n) is 16.7. The van der Waals surface area contributed by atoms with Gasteiger partial charge in [0.2, 0.25) is 0 Å². The maximum Gasteiger partial charge on any atom is 4.00 e. The quantitative estimate of drug-likeness (QED) is 0.200. The Kier molecular flexibility index (Phi) is 15.5. The summed E-state index contributed by atoms with van der Waals surface area (Å²) in [4.78, 5) is 0. The summed E-state index contributed by atoms with van der Waals surface area (Å²) < 4.78 is 0. The van der Waals surface area contributed by atoms with E-state index in [1.165, 1.54) is 50.3 Å². The van der Waals surface area contributed by atoms with Crippen LogP contribution in [-0.2, 0) is 26.2 Å². The van der Waals surface area contributed by atoms with E-state index in [2.05, 4.69) is 82.5 Å². The fourth-order valence-electron chi connectivity index (χ4n) is 11.4. The predicted molar refractivity (Wildman–Crippen MR) is 198 cm³/mol. The minimum atomic E-state index is -1.38. The second-order valence-electron chi connectivity index (χ2n) is 15.7. The molecule has 2 aromatic carbocycles. The van der Waals surface area contributed by atoms with Crippen molar-refractivity contribution in [1.82, 2.24) is 0 Å². The normalized spacial score (nSPS) is 33.1. The van der Waals surface area contributed by atoms with Gasteiger partial charge >= 0.3 is 26.2 Å². The number of benzene rings is 2. The average Bonchev–Trinajstić information content (AvgIpc) is 3.64. The van der Waals surface area contributed by atoms with Gasteiger partial charge in [-0.1, -0.05) is 134 Å². The molecule has 0 nitrogen and oxygen atoms in total. The van der Waals surface area contributed by atoms with Crippen molar-refractivity contribution in [1.29, 1.82) is 0 Å². The molecule has 4 aliphatic rings. The van der Waals surface area contributed by atoms with Gasteiger partial charge in [-0.2, -0.15) is 0 Å². The zero-order valence-corrected chi connectivity index (χ0v) is 34.5. The third-order valence-corrected chi connectivity index (χ3v) is 34.4. The van der Waals surface area contributed by atoms with Gasteiger partial charge in [0.05, 0.1) is 0 Å². The summed E-state index contributed by atoms with van der Waals surface area (Å²) in [6.45, 7) is 16.7. The second kappa shape index (κ2) is 16.2. The monoisotopic (exact) mass is 694 g/mol. The SMILES string of the molecule is CCCCC1CCC([Si](C)(C)[Si](C)(C)C2C(C)CC3C2CC2CCCC2C3c2cccc3ccccc23)C1.[CH3-].[CH3-].[CH3-].[CH3-].[Zr+4]. The van der Waals surface area contributed by atoms with Crippen molar-refractivity contribution in [3.8, 4) is 0 Å². The molecule has 0 bridgehead atoms. The summed E-state index contributed by atoms with van der Waals surface area (Å²) in [5, 5.41) is 3.03. The van der Waals surface area contributed by atoms with Crippen LogP contribution in [0.25, 0.3) is 10.8 Å². The molecule has 9 atom stereocenters. The minimum absolute atomic E-state index is 0. The van der Waals surface area contributed by atoms with Gasteiger partial charge in [-0.25, -0.2) is 0 Å². The molecule has 9 unspecified atom stereocenters. The fourth-order valence-corrected chi connectivity index (χ4v) is 26.1. The Morgan fingerprint density at radius 1 is 0.721 bits per heavy atom. The molecule has 4 fully saturated rings. The molecule has 0 radical (unpaired) electrons. The molecule has 0 aromatic heterocycles. The second-order valence-corrected chi connectivity index (χ2v) is 31.8. The molecular formula is C40H68Si2Zr. The van der Waals surface area contributed by atoms with Crippen LogP contribution in [0.4, 0.5) is 0 Å². The van der Waals surface area contributed by atoms with Gasteiger partial charge < -0.3 is 29.7 Å². The van der Waals surface area contributed by atoms with Crippen LogP contribution in [-0.4, -0.2) is 15.2 Å². The summed E-state index contributed by atoms with van der Waals surface area (Å²) in [6.07, 6.45) is 16.6. The van der Waals surface area contributed by atoms with E-state index in [4.69, 9.17) is 0 Å². The van der Waals surface area contributed by atoms with Crippen LogP contribution in [0.15, 0.2) is 42.5 Å². The molecule has 4 aliphatic carbocycles. The van der Waals surface area contributed by atoms with Crippen molar-refractivity contribution in [2.45, 2.75) is 128 Å². The van der Waals surface area contributed by atoms with Gasteiger partial charge in [0, 0.05) is 15.2 Å². The van der Waals surface area contributed by atoms with Crippen molar-refractivity contribution < 1.29 is 26.2 Å². The largest absolute Gasteiger partial charge is 4.00 e. The van der Waals surface area contributed by atoms with E-state index >= 15 is 0 Å². The topological polar surface area (TPSA) is 0 Å². The number of unbranched alkanes of at least 4 members (excludes halogenated alkanes) is 1. The summed E-state index contributed by atoms with van der Waals surface area (Å²) in [7, 11) is -2.69.